The molecule has 0 aliphatic heterocycles. The van der Waals surface area contributed by atoms with Gasteiger partial charge < -0.3 is 15.3 Å². The molecule has 0 saturated heterocycles. The highest BCUT2D eigenvalue weighted by molar-refractivity contribution is 5.15. The average Bonchev–Trinajstić information content (AvgIpc) is 1.82. The molecular formula is C7H11O3. The van der Waals surface area contributed by atoms with Crippen molar-refractivity contribution in [2.45, 2.75) is 24.7 Å². The van der Waals surface area contributed by atoms with Crippen LogP contribution in [0.2, 0.25) is 0 Å². The van der Waals surface area contributed by atoms with Crippen molar-refractivity contribution in [2.75, 3.05) is 0 Å². The van der Waals surface area contributed by atoms with Gasteiger partial charge in [-0.1, -0.05) is 11.6 Å². The van der Waals surface area contributed by atoms with E-state index in [1.54, 1.807) is 0 Å². The Morgan fingerprint density at radius 3 is 2.50 bits per heavy atom. The summed E-state index contributed by atoms with van der Waals surface area (Å²) < 4.78 is 0. The first-order valence-electron chi connectivity index (χ1n) is 3.18. The Balaban J connectivity index is 2.69. The normalized spacial score (nSPS) is 41.2. The Kier molecular flexibility index (Phi) is 2.08. The van der Waals surface area contributed by atoms with E-state index in [0.717, 1.165) is 0 Å². The summed E-state index contributed by atoms with van der Waals surface area (Å²) in [6.45, 7) is 3.56. The zero-order chi connectivity index (χ0) is 7.72. The van der Waals surface area contributed by atoms with Crippen molar-refractivity contribution in [3.05, 3.63) is 18.6 Å². The van der Waals surface area contributed by atoms with Gasteiger partial charge in [0.15, 0.2) is 0 Å². The zero-order valence-corrected chi connectivity index (χ0v) is 5.57. The first-order valence-corrected chi connectivity index (χ1v) is 3.18. The van der Waals surface area contributed by atoms with E-state index in [9.17, 15) is 0 Å². The summed E-state index contributed by atoms with van der Waals surface area (Å²) in [4.78, 5) is 0. The monoisotopic (exact) mass is 143 g/mol. The molecule has 1 aliphatic rings. The van der Waals surface area contributed by atoms with Crippen LogP contribution in [-0.2, 0) is 0 Å². The molecule has 3 atom stereocenters. The first kappa shape index (κ1) is 7.72. The van der Waals surface area contributed by atoms with Gasteiger partial charge in [0.25, 0.3) is 0 Å². The van der Waals surface area contributed by atoms with Gasteiger partial charge in [0.1, 0.15) is 12.2 Å². The van der Waals surface area contributed by atoms with Crippen LogP contribution in [0.15, 0.2) is 11.6 Å². The summed E-state index contributed by atoms with van der Waals surface area (Å²) in [6.07, 6.45) is -1.08. The lowest BCUT2D eigenvalue weighted by Crippen LogP contribution is -2.39. The Morgan fingerprint density at radius 1 is 1.40 bits per heavy atom. The molecule has 57 valence electrons. The van der Waals surface area contributed by atoms with Crippen molar-refractivity contribution in [1.29, 1.82) is 0 Å². The van der Waals surface area contributed by atoms with Crippen molar-refractivity contribution in [2.24, 2.45) is 0 Å². The fraction of sp³-hybridized carbons (Fsp3) is 0.571. The van der Waals surface area contributed by atoms with Gasteiger partial charge in [0, 0.05) is 0 Å². The molecule has 1 aliphatic carbocycles. The molecule has 0 bridgehead atoms. The predicted octanol–water partition coefficient (Wildman–Crippen LogP) is -0.767. The van der Waals surface area contributed by atoms with Gasteiger partial charge in [-0.25, -0.2) is 0 Å². The van der Waals surface area contributed by atoms with E-state index in [2.05, 4.69) is 6.92 Å². The van der Waals surface area contributed by atoms with E-state index in [-0.39, 0.29) is 0 Å². The van der Waals surface area contributed by atoms with Gasteiger partial charge >= 0.3 is 0 Å². The molecular weight excluding hydrogens is 132 g/mol. The number of aliphatic hydroxyl groups is 3. The molecule has 3 heteroatoms. The Morgan fingerprint density at radius 2 is 2.00 bits per heavy atom. The highest BCUT2D eigenvalue weighted by Crippen LogP contribution is 2.17. The van der Waals surface area contributed by atoms with Gasteiger partial charge in [-0.2, -0.15) is 0 Å². The fourth-order valence-electron chi connectivity index (χ4n) is 1.03. The minimum absolute atomic E-state index is 0.345. The second-order valence-corrected chi connectivity index (χ2v) is 2.58. The minimum atomic E-state index is -1.05. The molecule has 0 fully saturated rings. The lowest BCUT2D eigenvalue weighted by atomic mass is 9.93. The minimum Gasteiger partial charge on any atom is -0.390 e. The second kappa shape index (κ2) is 2.70. The molecule has 0 spiro atoms. The maximum Gasteiger partial charge on any atom is 0.110 e. The van der Waals surface area contributed by atoms with Gasteiger partial charge in [-0.3, -0.25) is 0 Å². The van der Waals surface area contributed by atoms with Crippen LogP contribution in [0.25, 0.3) is 0 Å². The number of rotatable bonds is 0. The van der Waals surface area contributed by atoms with Gasteiger partial charge in [-0.15, -0.1) is 0 Å². The maximum absolute atomic E-state index is 9.03. The quantitative estimate of drug-likeness (QED) is 0.417. The van der Waals surface area contributed by atoms with Crippen LogP contribution in [0.4, 0.5) is 0 Å². The van der Waals surface area contributed by atoms with Crippen molar-refractivity contribution in [3.8, 4) is 0 Å². The van der Waals surface area contributed by atoms with E-state index in [4.69, 9.17) is 15.3 Å². The molecule has 3 nitrogen and oxygen atoms in total. The lowest BCUT2D eigenvalue weighted by Gasteiger charge is -2.26. The standard InChI is InChI=1S/C7H11O3/c1-4-2-5(8)7(10)6(9)3-4/h2,5-10H,1,3H2. The molecule has 0 aromatic rings. The van der Waals surface area contributed by atoms with Crippen LogP contribution in [0.3, 0.4) is 0 Å². The van der Waals surface area contributed by atoms with Crippen molar-refractivity contribution in [1.82, 2.24) is 0 Å². The van der Waals surface area contributed by atoms with Crippen molar-refractivity contribution < 1.29 is 15.3 Å². The summed E-state index contributed by atoms with van der Waals surface area (Å²) >= 11 is 0. The lowest BCUT2D eigenvalue weighted by molar-refractivity contribution is -0.0468. The van der Waals surface area contributed by atoms with Gasteiger partial charge in [0.2, 0.25) is 0 Å². The van der Waals surface area contributed by atoms with E-state index in [1.165, 1.54) is 6.08 Å². The van der Waals surface area contributed by atoms with Gasteiger partial charge in [-0.05, 0) is 13.3 Å². The largest absolute Gasteiger partial charge is 0.390 e. The van der Waals surface area contributed by atoms with Crippen LogP contribution in [0.5, 0.6) is 0 Å². The summed E-state index contributed by atoms with van der Waals surface area (Å²) in [7, 11) is 0. The van der Waals surface area contributed by atoms with Crippen LogP contribution < -0.4 is 0 Å². The average molecular weight is 143 g/mol. The second-order valence-electron chi connectivity index (χ2n) is 2.58. The molecule has 1 radical (unpaired) electrons. The van der Waals surface area contributed by atoms with E-state index in [0.29, 0.717) is 12.0 Å². The highest BCUT2D eigenvalue weighted by Gasteiger charge is 2.27. The van der Waals surface area contributed by atoms with Crippen LogP contribution in [0, 0.1) is 6.92 Å². The third kappa shape index (κ3) is 1.37. The summed E-state index contributed by atoms with van der Waals surface area (Å²) in [5.41, 5.74) is 0.672. The molecule has 1 rings (SSSR count). The maximum atomic E-state index is 9.03. The summed E-state index contributed by atoms with van der Waals surface area (Å²) in [5.74, 6) is 0. The predicted molar refractivity (Wildman–Crippen MR) is 36.1 cm³/mol. The van der Waals surface area contributed by atoms with Crippen LogP contribution in [-0.4, -0.2) is 33.6 Å². The van der Waals surface area contributed by atoms with Crippen molar-refractivity contribution >= 4 is 0 Å². The SMILES string of the molecule is [CH2]C1=CC(O)C(O)C(O)C1. The van der Waals surface area contributed by atoms with Crippen LogP contribution in [0.1, 0.15) is 6.42 Å². The number of hydrogen-bond donors (Lipinski definition) is 3. The summed E-state index contributed by atoms with van der Waals surface area (Å²) in [5, 5.41) is 27.0. The topological polar surface area (TPSA) is 60.7 Å². The number of aliphatic hydroxyl groups excluding tert-OH is 3. The molecule has 0 aromatic carbocycles. The Hall–Kier alpha value is -0.380. The summed E-state index contributed by atoms with van der Waals surface area (Å²) in [6, 6.07) is 0. The molecule has 0 amide bonds. The van der Waals surface area contributed by atoms with E-state index >= 15 is 0 Å². The third-order valence-electron chi connectivity index (χ3n) is 1.62. The van der Waals surface area contributed by atoms with Crippen LogP contribution >= 0.6 is 0 Å². The Labute approximate surface area is 59.6 Å². The van der Waals surface area contributed by atoms with E-state index in [1.807, 2.05) is 0 Å². The Bertz CT molecular complexity index is 153. The highest BCUT2D eigenvalue weighted by atomic mass is 16.4. The number of hydrogen-bond acceptors (Lipinski definition) is 3. The first-order chi connectivity index (χ1) is 4.61. The molecule has 3 N–H and O–H groups in total. The molecule has 3 unspecified atom stereocenters. The molecule has 0 aromatic heterocycles. The van der Waals surface area contributed by atoms with E-state index < -0.39 is 18.3 Å². The smallest absolute Gasteiger partial charge is 0.110 e. The van der Waals surface area contributed by atoms with Crippen molar-refractivity contribution in [3.63, 3.8) is 0 Å². The molecule has 10 heavy (non-hydrogen) atoms. The fourth-order valence-corrected chi connectivity index (χ4v) is 1.03. The molecule has 0 heterocycles. The zero-order valence-electron chi connectivity index (χ0n) is 5.57. The third-order valence-corrected chi connectivity index (χ3v) is 1.62. The molecule has 0 saturated carbocycles. The van der Waals surface area contributed by atoms with Gasteiger partial charge in [0.05, 0.1) is 6.10 Å².